The Balaban J connectivity index is 2.55. The number of aryl methyl sites for hydroxylation is 1. The second kappa shape index (κ2) is 6.80. The molecule has 2 aromatic carbocycles. The predicted molar refractivity (Wildman–Crippen MR) is 86.2 cm³/mol. The molecule has 0 radical (unpaired) electrons. The minimum Gasteiger partial charge on any atom is -0.497 e. The van der Waals surface area contributed by atoms with Crippen molar-refractivity contribution in [3.05, 3.63) is 59.2 Å². The van der Waals surface area contributed by atoms with Gasteiger partial charge in [0.05, 0.1) is 19.8 Å². The lowest BCUT2D eigenvalue weighted by atomic mass is 10.0. The molecule has 0 atom stereocenters. The fourth-order valence-electron chi connectivity index (χ4n) is 2.11. The SMILES string of the molecule is COc1ccc(OC)c(/C=C(/C(=O)O)c2ccc(C)cc2)c1. The number of carboxylic acids is 1. The lowest BCUT2D eigenvalue weighted by Gasteiger charge is -2.09. The normalized spacial score (nSPS) is 11.1. The summed E-state index contributed by atoms with van der Waals surface area (Å²) in [6, 6.07) is 12.6. The van der Waals surface area contributed by atoms with Crippen LogP contribution in [-0.4, -0.2) is 25.3 Å². The van der Waals surface area contributed by atoms with E-state index in [-0.39, 0.29) is 5.57 Å². The van der Waals surface area contributed by atoms with Gasteiger partial charge in [0.25, 0.3) is 0 Å². The molecular weight excluding hydrogens is 280 g/mol. The number of methoxy groups -OCH3 is 2. The first-order valence-electron chi connectivity index (χ1n) is 6.79. The number of benzene rings is 2. The third kappa shape index (κ3) is 3.47. The van der Waals surface area contributed by atoms with E-state index < -0.39 is 5.97 Å². The first-order valence-corrected chi connectivity index (χ1v) is 6.79. The molecule has 114 valence electrons. The number of rotatable bonds is 5. The molecule has 4 heteroatoms. The second-order valence-corrected chi connectivity index (χ2v) is 4.84. The maximum atomic E-state index is 11.6. The summed E-state index contributed by atoms with van der Waals surface area (Å²) in [7, 11) is 3.11. The molecule has 0 unspecified atom stereocenters. The third-order valence-corrected chi connectivity index (χ3v) is 3.33. The average molecular weight is 298 g/mol. The highest BCUT2D eigenvalue weighted by Crippen LogP contribution is 2.28. The van der Waals surface area contributed by atoms with Crippen LogP contribution in [0.15, 0.2) is 42.5 Å². The van der Waals surface area contributed by atoms with Crippen molar-refractivity contribution in [2.24, 2.45) is 0 Å². The predicted octanol–water partition coefficient (Wildman–Crippen LogP) is 3.64. The van der Waals surface area contributed by atoms with Gasteiger partial charge in [-0.3, -0.25) is 0 Å². The summed E-state index contributed by atoms with van der Waals surface area (Å²) >= 11 is 0. The van der Waals surface area contributed by atoms with E-state index in [1.165, 1.54) is 0 Å². The van der Waals surface area contributed by atoms with Crippen molar-refractivity contribution < 1.29 is 19.4 Å². The Kier molecular flexibility index (Phi) is 4.84. The Labute approximate surface area is 129 Å². The van der Waals surface area contributed by atoms with Gasteiger partial charge in [-0.2, -0.15) is 0 Å². The molecule has 0 aliphatic heterocycles. The van der Waals surface area contributed by atoms with Crippen LogP contribution in [-0.2, 0) is 4.79 Å². The summed E-state index contributed by atoms with van der Waals surface area (Å²) < 4.78 is 10.5. The van der Waals surface area contributed by atoms with Crippen LogP contribution in [0.5, 0.6) is 11.5 Å². The van der Waals surface area contributed by atoms with Crippen LogP contribution >= 0.6 is 0 Å². The molecule has 2 rings (SSSR count). The number of hydrogen-bond acceptors (Lipinski definition) is 3. The topological polar surface area (TPSA) is 55.8 Å². The minimum absolute atomic E-state index is 0.201. The molecule has 0 amide bonds. The zero-order chi connectivity index (χ0) is 16.1. The molecule has 0 heterocycles. The molecule has 0 spiro atoms. The smallest absolute Gasteiger partial charge is 0.336 e. The van der Waals surface area contributed by atoms with Crippen LogP contribution in [0.4, 0.5) is 0 Å². The van der Waals surface area contributed by atoms with Crippen molar-refractivity contribution in [3.63, 3.8) is 0 Å². The van der Waals surface area contributed by atoms with E-state index in [9.17, 15) is 9.90 Å². The maximum absolute atomic E-state index is 11.6. The molecule has 0 saturated carbocycles. The van der Waals surface area contributed by atoms with Crippen LogP contribution in [0.3, 0.4) is 0 Å². The standard InChI is InChI=1S/C18H18O4/c1-12-4-6-13(7-5-12)16(18(19)20)11-14-10-15(21-2)8-9-17(14)22-3/h4-11H,1-3H3,(H,19,20)/b16-11+. The first kappa shape index (κ1) is 15.6. The maximum Gasteiger partial charge on any atom is 0.336 e. The van der Waals surface area contributed by atoms with E-state index >= 15 is 0 Å². The summed E-state index contributed by atoms with van der Waals surface area (Å²) in [6.45, 7) is 1.96. The van der Waals surface area contributed by atoms with Crippen molar-refractivity contribution in [1.82, 2.24) is 0 Å². The van der Waals surface area contributed by atoms with E-state index in [0.717, 1.165) is 5.56 Å². The Morgan fingerprint density at radius 3 is 2.27 bits per heavy atom. The van der Waals surface area contributed by atoms with Crippen LogP contribution in [0.2, 0.25) is 0 Å². The van der Waals surface area contributed by atoms with Gasteiger partial charge < -0.3 is 14.6 Å². The second-order valence-electron chi connectivity index (χ2n) is 4.84. The summed E-state index contributed by atoms with van der Waals surface area (Å²) in [4.78, 5) is 11.6. The van der Waals surface area contributed by atoms with E-state index in [2.05, 4.69) is 0 Å². The average Bonchev–Trinajstić information content (AvgIpc) is 2.53. The fourth-order valence-corrected chi connectivity index (χ4v) is 2.11. The summed E-state index contributed by atoms with van der Waals surface area (Å²) in [6.07, 6.45) is 1.59. The highest BCUT2D eigenvalue weighted by atomic mass is 16.5. The van der Waals surface area contributed by atoms with Crippen molar-refractivity contribution in [2.45, 2.75) is 6.92 Å². The fraction of sp³-hybridized carbons (Fsp3) is 0.167. The van der Waals surface area contributed by atoms with Gasteiger partial charge in [-0.15, -0.1) is 0 Å². The zero-order valence-electron chi connectivity index (χ0n) is 12.8. The van der Waals surface area contributed by atoms with E-state index in [4.69, 9.17) is 9.47 Å². The van der Waals surface area contributed by atoms with E-state index in [0.29, 0.717) is 22.6 Å². The largest absolute Gasteiger partial charge is 0.497 e. The first-order chi connectivity index (χ1) is 10.5. The molecule has 0 fully saturated rings. The number of ether oxygens (including phenoxy) is 2. The summed E-state index contributed by atoms with van der Waals surface area (Å²) in [5, 5.41) is 9.51. The van der Waals surface area contributed by atoms with Crippen LogP contribution < -0.4 is 9.47 Å². The zero-order valence-corrected chi connectivity index (χ0v) is 12.8. The highest BCUT2D eigenvalue weighted by molar-refractivity contribution is 6.20. The Morgan fingerprint density at radius 1 is 1.05 bits per heavy atom. The van der Waals surface area contributed by atoms with Crippen molar-refractivity contribution in [3.8, 4) is 11.5 Å². The molecule has 1 N–H and O–H groups in total. The lowest BCUT2D eigenvalue weighted by molar-refractivity contribution is -0.130. The molecular formula is C18H18O4. The van der Waals surface area contributed by atoms with Crippen molar-refractivity contribution in [1.29, 1.82) is 0 Å². The molecule has 0 aliphatic rings. The van der Waals surface area contributed by atoms with Gasteiger partial charge in [0.2, 0.25) is 0 Å². The van der Waals surface area contributed by atoms with Crippen LogP contribution in [0.1, 0.15) is 16.7 Å². The summed E-state index contributed by atoms with van der Waals surface area (Å²) in [5.41, 5.74) is 2.57. The van der Waals surface area contributed by atoms with E-state index in [1.807, 2.05) is 19.1 Å². The Hall–Kier alpha value is -2.75. The number of aliphatic carboxylic acids is 1. The minimum atomic E-state index is -0.992. The Bertz CT molecular complexity index is 700. The van der Waals surface area contributed by atoms with Gasteiger partial charge in [0.15, 0.2) is 0 Å². The van der Waals surface area contributed by atoms with E-state index in [1.54, 1.807) is 50.6 Å². The number of carboxylic acid groups (broad SMARTS) is 1. The molecule has 0 bridgehead atoms. The highest BCUT2D eigenvalue weighted by Gasteiger charge is 2.12. The van der Waals surface area contributed by atoms with Crippen LogP contribution in [0.25, 0.3) is 11.6 Å². The third-order valence-electron chi connectivity index (χ3n) is 3.33. The van der Waals surface area contributed by atoms with Crippen molar-refractivity contribution in [2.75, 3.05) is 14.2 Å². The molecule has 4 nitrogen and oxygen atoms in total. The Morgan fingerprint density at radius 2 is 1.73 bits per heavy atom. The van der Waals surface area contributed by atoms with Gasteiger partial charge in [-0.05, 0) is 36.8 Å². The van der Waals surface area contributed by atoms with Gasteiger partial charge in [-0.1, -0.05) is 29.8 Å². The number of hydrogen-bond donors (Lipinski definition) is 1. The van der Waals surface area contributed by atoms with Gasteiger partial charge in [-0.25, -0.2) is 4.79 Å². The van der Waals surface area contributed by atoms with Gasteiger partial charge in [0, 0.05) is 5.56 Å². The van der Waals surface area contributed by atoms with Crippen LogP contribution in [0, 0.1) is 6.92 Å². The van der Waals surface area contributed by atoms with Gasteiger partial charge >= 0.3 is 5.97 Å². The molecule has 22 heavy (non-hydrogen) atoms. The molecule has 2 aromatic rings. The lowest BCUT2D eigenvalue weighted by Crippen LogP contribution is -2.00. The monoisotopic (exact) mass is 298 g/mol. The molecule has 0 aromatic heterocycles. The quantitative estimate of drug-likeness (QED) is 0.676. The van der Waals surface area contributed by atoms with Crippen molar-refractivity contribution >= 4 is 17.6 Å². The number of carbonyl (C=O) groups is 1. The molecule has 0 saturated heterocycles. The summed E-state index contributed by atoms with van der Waals surface area (Å²) in [5.74, 6) is 0.237. The van der Waals surface area contributed by atoms with Gasteiger partial charge in [0.1, 0.15) is 11.5 Å². The molecule has 0 aliphatic carbocycles.